The summed E-state index contributed by atoms with van der Waals surface area (Å²) in [6, 6.07) is 8.10. The number of ether oxygens (including phenoxy) is 1. The molecule has 0 aliphatic heterocycles. The molecule has 0 spiro atoms. The highest BCUT2D eigenvalue weighted by Gasteiger charge is 2.14. The van der Waals surface area contributed by atoms with Crippen molar-refractivity contribution in [2.45, 2.75) is 24.2 Å². The van der Waals surface area contributed by atoms with Crippen LogP contribution < -0.4 is 15.2 Å². The maximum atomic E-state index is 12.0. The number of thiophene rings is 1. The molecule has 0 unspecified atom stereocenters. The van der Waals surface area contributed by atoms with Gasteiger partial charge in [0.1, 0.15) is 5.75 Å². The Morgan fingerprint density at radius 1 is 1.35 bits per heavy atom. The van der Waals surface area contributed by atoms with Gasteiger partial charge >= 0.3 is 0 Å². The van der Waals surface area contributed by atoms with E-state index >= 15 is 0 Å². The first kappa shape index (κ1) is 17.5. The number of hydrogen-bond acceptors (Lipinski definition) is 5. The molecule has 0 atom stereocenters. The number of amides is 1. The van der Waals surface area contributed by atoms with Crippen molar-refractivity contribution in [3.8, 4) is 5.75 Å². The Morgan fingerprint density at radius 3 is 2.74 bits per heavy atom. The van der Waals surface area contributed by atoms with Crippen LogP contribution in [-0.2, 0) is 21.2 Å². The van der Waals surface area contributed by atoms with E-state index in [0.717, 1.165) is 6.42 Å². The lowest BCUT2D eigenvalue weighted by Gasteiger charge is -2.11. The Hall–Kier alpha value is -1.90. The summed E-state index contributed by atoms with van der Waals surface area (Å²) in [5.74, 6) is 0.176. The molecule has 0 saturated carbocycles. The lowest BCUT2D eigenvalue weighted by molar-refractivity contribution is -0.116. The van der Waals surface area contributed by atoms with Crippen LogP contribution in [0.25, 0.3) is 0 Å². The Morgan fingerprint density at radius 2 is 2.13 bits per heavy atom. The minimum atomic E-state index is -3.84. The van der Waals surface area contributed by atoms with Crippen molar-refractivity contribution < 1.29 is 17.9 Å². The average molecular weight is 354 g/mol. The fourth-order valence-corrected chi connectivity index (χ4v) is 3.34. The van der Waals surface area contributed by atoms with E-state index in [1.165, 1.54) is 30.2 Å². The molecule has 2 aromatic rings. The van der Waals surface area contributed by atoms with E-state index in [-0.39, 0.29) is 10.8 Å². The lowest BCUT2D eigenvalue weighted by atomic mass is 10.2. The van der Waals surface area contributed by atoms with E-state index in [4.69, 9.17) is 9.88 Å². The number of aryl methyl sites for hydroxylation is 1. The Labute approximate surface area is 139 Å². The fraction of sp³-hybridized carbons (Fsp3) is 0.267. The smallest absolute Gasteiger partial charge is 0.238 e. The molecule has 0 aliphatic rings. The van der Waals surface area contributed by atoms with Crippen LogP contribution in [0.5, 0.6) is 5.75 Å². The fourth-order valence-electron chi connectivity index (χ4n) is 2.05. The van der Waals surface area contributed by atoms with Gasteiger partial charge in [-0.25, -0.2) is 13.6 Å². The number of carbonyl (C=O) groups excluding carboxylic acids is 1. The van der Waals surface area contributed by atoms with Crippen molar-refractivity contribution in [3.63, 3.8) is 0 Å². The van der Waals surface area contributed by atoms with Gasteiger partial charge in [-0.15, -0.1) is 11.3 Å². The molecule has 6 nitrogen and oxygen atoms in total. The summed E-state index contributed by atoms with van der Waals surface area (Å²) < 4.78 is 27.9. The van der Waals surface area contributed by atoms with Gasteiger partial charge in [0.15, 0.2) is 0 Å². The molecule has 3 N–H and O–H groups in total. The third-order valence-corrected chi connectivity index (χ3v) is 5.03. The van der Waals surface area contributed by atoms with Crippen molar-refractivity contribution in [2.75, 3.05) is 12.4 Å². The predicted octanol–water partition coefficient (Wildman–Crippen LogP) is 2.37. The normalized spacial score (nSPS) is 11.2. The molecule has 0 saturated heterocycles. The van der Waals surface area contributed by atoms with E-state index in [1.807, 2.05) is 17.5 Å². The molecule has 124 valence electrons. The zero-order valence-corrected chi connectivity index (χ0v) is 14.2. The summed E-state index contributed by atoms with van der Waals surface area (Å²) in [5.41, 5.74) is 0.292. The number of nitrogens with one attached hydrogen (secondary N) is 1. The number of nitrogens with two attached hydrogens (primary N) is 1. The standard InChI is InChI=1S/C15H18N2O4S2/c1-21-14-8-7-12(23(16,19)20)10-13(14)17-15(18)6-2-4-11-5-3-9-22-11/h3,5,7-10H,2,4,6H2,1H3,(H,17,18)(H2,16,19,20). The van der Waals surface area contributed by atoms with Crippen molar-refractivity contribution in [1.29, 1.82) is 0 Å². The molecule has 8 heteroatoms. The van der Waals surface area contributed by atoms with Crippen LogP contribution in [-0.4, -0.2) is 21.4 Å². The van der Waals surface area contributed by atoms with Gasteiger partial charge in [-0.05, 0) is 42.5 Å². The van der Waals surface area contributed by atoms with Gasteiger partial charge in [-0.2, -0.15) is 0 Å². The number of benzene rings is 1. The molecular weight excluding hydrogens is 336 g/mol. The van der Waals surface area contributed by atoms with Crippen LogP contribution in [0.4, 0.5) is 5.69 Å². The van der Waals surface area contributed by atoms with Gasteiger partial charge in [0.2, 0.25) is 15.9 Å². The van der Waals surface area contributed by atoms with Crippen molar-refractivity contribution in [3.05, 3.63) is 40.6 Å². The summed E-state index contributed by atoms with van der Waals surface area (Å²) >= 11 is 1.66. The third-order valence-electron chi connectivity index (χ3n) is 3.18. The van der Waals surface area contributed by atoms with Gasteiger partial charge in [0, 0.05) is 11.3 Å². The van der Waals surface area contributed by atoms with Crippen LogP contribution >= 0.6 is 11.3 Å². The van der Waals surface area contributed by atoms with Crippen LogP contribution in [0, 0.1) is 0 Å². The summed E-state index contributed by atoms with van der Waals surface area (Å²) in [4.78, 5) is 13.2. The van der Waals surface area contributed by atoms with Gasteiger partial charge in [0.25, 0.3) is 0 Å². The SMILES string of the molecule is COc1ccc(S(N)(=O)=O)cc1NC(=O)CCCc1cccs1. The van der Waals surface area contributed by atoms with Gasteiger partial charge < -0.3 is 10.1 Å². The predicted molar refractivity (Wildman–Crippen MR) is 90.3 cm³/mol. The molecular formula is C15H18N2O4S2. The minimum Gasteiger partial charge on any atom is -0.495 e. The van der Waals surface area contributed by atoms with Gasteiger partial charge in [0.05, 0.1) is 17.7 Å². The van der Waals surface area contributed by atoms with E-state index < -0.39 is 10.0 Å². The number of anilines is 1. The zero-order chi connectivity index (χ0) is 16.9. The lowest BCUT2D eigenvalue weighted by Crippen LogP contribution is -2.15. The van der Waals surface area contributed by atoms with Gasteiger partial charge in [-0.1, -0.05) is 6.07 Å². The van der Waals surface area contributed by atoms with Crippen molar-refractivity contribution in [2.24, 2.45) is 5.14 Å². The molecule has 1 aromatic carbocycles. The first-order chi connectivity index (χ1) is 10.9. The Balaban J connectivity index is 2.01. The molecule has 1 heterocycles. The quantitative estimate of drug-likeness (QED) is 0.797. The summed E-state index contributed by atoms with van der Waals surface area (Å²) in [5, 5.41) is 9.77. The number of rotatable bonds is 7. The highest BCUT2D eigenvalue weighted by atomic mass is 32.2. The monoisotopic (exact) mass is 354 g/mol. The molecule has 1 amide bonds. The van der Waals surface area contributed by atoms with Crippen LogP contribution in [0.15, 0.2) is 40.6 Å². The van der Waals surface area contributed by atoms with E-state index in [2.05, 4.69) is 5.32 Å². The summed E-state index contributed by atoms with van der Waals surface area (Å²) in [6.45, 7) is 0. The van der Waals surface area contributed by atoms with E-state index in [0.29, 0.717) is 24.3 Å². The number of sulfonamides is 1. The number of primary sulfonamides is 1. The maximum absolute atomic E-state index is 12.0. The number of hydrogen-bond donors (Lipinski definition) is 2. The minimum absolute atomic E-state index is 0.0767. The van der Waals surface area contributed by atoms with E-state index in [1.54, 1.807) is 11.3 Å². The van der Waals surface area contributed by atoms with Crippen LogP contribution in [0.1, 0.15) is 17.7 Å². The molecule has 0 aliphatic carbocycles. The van der Waals surface area contributed by atoms with Crippen molar-refractivity contribution in [1.82, 2.24) is 0 Å². The Kier molecular flexibility index (Phi) is 5.75. The van der Waals surface area contributed by atoms with Crippen molar-refractivity contribution >= 4 is 33.0 Å². The summed E-state index contributed by atoms with van der Waals surface area (Å²) in [6.07, 6.45) is 1.88. The first-order valence-electron chi connectivity index (χ1n) is 6.93. The number of methoxy groups -OCH3 is 1. The number of carbonyl (C=O) groups is 1. The first-order valence-corrected chi connectivity index (χ1v) is 9.36. The molecule has 1 aromatic heterocycles. The second-order valence-electron chi connectivity index (χ2n) is 4.89. The molecule has 2 rings (SSSR count). The summed E-state index contributed by atoms with van der Waals surface area (Å²) in [7, 11) is -2.40. The highest BCUT2D eigenvalue weighted by Crippen LogP contribution is 2.27. The van der Waals surface area contributed by atoms with Crippen LogP contribution in [0.3, 0.4) is 0 Å². The topological polar surface area (TPSA) is 98.5 Å². The third kappa shape index (κ3) is 5.05. The molecule has 0 fully saturated rings. The van der Waals surface area contributed by atoms with E-state index in [9.17, 15) is 13.2 Å². The van der Waals surface area contributed by atoms with Gasteiger partial charge in [-0.3, -0.25) is 4.79 Å². The molecule has 0 bridgehead atoms. The largest absolute Gasteiger partial charge is 0.495 e. The highest BCUT2D eigenvalue weighted by molar-refractivity contribution is 7.89. The zero-order valence-electron chi connectivity index (χ0n) is 12.6. The average Bonchev–Trinajstić information content (AvgIpc) is 2.99. The second-order valence-corrected chi connectivity index (χ2v) is 7.48. The molecule has 0 radical (unpaired) electrons. The molecule has 23 heavy (non-hydrogen) atoms. The Bertz CT molecular complexity index is 771. The maximum Gasteiger partial charge on any atom is 0.238 e. The second kappa shape index (κ2) is 7.58. The van der Waals surface area contributed by atoms with Crippen LogP contribution in [0.2, 0.25) is 0 Å².